The van der Waals surface area contributed by atoms with Gasteiger partial charge in [0.2, 0.25) is 0 Å². The molecule has 0 spiro atoms. The summed E-state index contributed by atoms with van der Waals surface area (Å²) in [6, 6.07) is 1.05. The average molecular weight is 418 g/mol. The van der Waals surface area contributed by atoms with Gasteiger partial charge in [0.25, 0.3) is 5.69 Å². The Morgan fingerprint density at radius 3 is 2.46 bits per heavy atom. The van der Waals surface area contributed by atoms with Gasteiger partial charge in [-0.3, -0.25) is 15.0 Å². The number of hydrogen-bond donors (Lipinski definition) is 0. The van der Waals surface area contributed by atoms with E-state index in [1.54, 1.807) is 20.8 Å². The molecule has 2 unspecified atom stereocenters. The molecule has 1 aliphatic heterocycles. The van der Waals surface area contributed by atoms with Crippen LogP contribution in [-0.4, -0.2) is 27.9 Å². The van der Waals surface area contributed by atoms with Gasteiger partial charge >= 0.3 is 12.3 Å². The van der Waals surface area contributed by atoms with Crippen LogP contribution >= 0.6 is 11.8 Å². The molecule has 0 N–H and O–H groups in total. The summed E-state index contributed by atoms with van der Waals surface area (Å²) in [4.78, 5) is 25.0. The monoisotopic (exact) mass is 418 g/mol. The maximum absolute atomic E-state index is 13.3. The van der Waals surface area contributed by atoms with Crippen LogP contribution in [0.3, 0.4) is 0 Å². The van der Waals surface area contributed by atoms with E-state index >= 15 is 0 Å². The van der Waals surface area contributed by atoms with E-state index < -0.39 is 34.0 Å². The van der Waals surface area contributed by atoms with Gasteiger partial charge in [-0.2, -0.15) is 13.2 Å². The summed E-state index contributed by atoms with van der Waals surface area (Å²) in [5.74, 6) is 0. The number of rotatable bonds is 1. The maximum Gasteiger partial charge on any atom is 0.416 e. The quantitative estimate of drug-likeness (QED) is 0.427. The lowest BCUT2D eigenvalue weighted by Crippen LogP contribution is -2.51. The van der Waals surface area contributed by atoms with Crippen molar-refractivity contribution in [1.29, 1.82) is 0 Å². The van der Waals surface area contributed by atoms with Crippen molar-refractivity contribution in [3.05, 3.63) is 27.8 Å². The number of benzene rings is 1. The second-order valence-electron chi connectivity index (χ2n) is 7.96. The van der Waals surface area contributed by atoms with E-state index in [0.717, 1.165) is 25.3 Å². The Kier molecular flexibility index (Phi) is 5.28. The molecule has 1 aliphatic carbocycles. The molecule has 0 radical (unpaired) electrons. The number of fused-ring (bicyclic) bond motifs is 2. The first-order valence-electron chi connectivity index (χ1n) is 8.97. The second kappa shape index (κ2) is 7.13. The molecule has 154 valence electrons. The molecule has 0 saturated heterocycles. The highest BCUT2D eigenvalue weighted by atomic mass is 32.2. The molecule has 1 aromatic carbocycles. The number of nitro benzene ring substituents is 1. The van der Waals surface area contributed by atoms with Gasteiger partial charge in [-0.05, 0) is 39.7 Å². The summed E-state index contributed by atoms with van der Waals surface area (Å²) >= 11 is 1.19. The van der Waals surface area contributed by atoms with E-state index in [9.17, 15) is 28.1 Å². The number of amides is 1. The Morgan fingerprint density at radius 2 is 1.89 bits per heavy atom. The highest BCUT2D eigenvalue weighted by Crippen LogP contribution is 2.52. The number of nitrogens with zero attached hydrogens (tertiary/aromatic N) is 2. The van der Waals surface area contributed by atoms with Gasteiger partial charge < -0.3 is 4.74 Å². The fourth-order valence-electron chi connectivity index (χ4n) is 3.60. The van der Waals surface area contributed by atoms with Gasteiger partial charge in [0, 0.05) is 16.2 Å². The number of anilines is 1. The van der Waals surface area contributed by atoms with Crippen LogP contribution in [0.5, 0.6) is 0 Å². The second-order valence-corrected chi connectivity index (χ2v) is 9.24. The Labute approximate surface area is 164 Å². The fourth-order valence-corrected chi connectivity index (χ4v) is 5.14. The van der Waals surface area contributed by atoms with Crippen LogP contribution in [0, 0.1) is 10.1 Å². The number of alkyl halides is 3. The number of carbonyl (C=O) groups excluding carboxylic acids is 1. The first-order valence-corrected chi connectivity index (χ1v) is 9.85. The number of carbonyl (C=O) groups is 1. The molecular weight excluding hydrogens is 397 g/mol. The van der Waals surface area contributed by atoms with Crippen molar-refractivity contribution < 1.29 is 27.6 Å². The Morgan fingerprint density at radius 1 is 1.25 bits per heavy atom. The molecule has 10 heteroatoms. The third kappa shape index (κ3) is 4.06. The van der Waals surface area contributed by atoms with Gasteiger partial charge in [-0.25, -0.2) is 4.79 Å². The third-order valence-electron chi connectivity index (χ3n) is 4.69. The molecule has 6 nitrogen and oxygen atoms in total. The van der Waals surface area contributed by atoms with Gasteiger partial charge in [0.15, 0.2) is 0 Å². The number of nitro groups is 1. The molecule has 1 saturated carbocycles. The standard InChI is InChI=1S/C18H21F3N2O4S/c1-17(2,3)27-16(24)22-11-6-4-5-7-13(11)28-14-9-10(18(19,20)21)8-12(15(14)22)23(25)26/h8-9,11,13H,4-7H2,1-3H3. The number of hydrogen-bond acceptors (Lipinski definition) is 5. The zero-order valence-corrected chi connectivity index (χ0v) is 16.5. The fraction of sp³-hybridized carbons (Fsp3) is 0.611. The van der Waals surface area contributed by atoms with Crippen molar-refractivity contribution in [2.75, 3.05) is 4.90 Å². The molecular formula is C18H21F3N2O4S. The van der Waals surface area contributed by atoms with E-state index in [1.165, 1.54) is 16.7 Å². The molecule has 28 heavy (non-hydrogen) atoms. The number of thioether (sulfide) groups is 1. The van der Waals surface area contributed by atoms with Crippen molar-refractivity contribution in [3.63, 3.8) is 0 Å². The van der Waals surface area contributed by atoms with Crippen molar-refractivity contribution in [3.8, 4) is 0 Å². The molecule has 2 aliphatic rings. The topological polar surface area (TPSA) is 72.7 Å². The minimum atomic E-state index is -4.72. The summed E-state index contributed by atoms with van der Waals surface area (Å²) in [6.07, 6.45) is -2.42. The molecule has 0 bridgehead atoms. The van der Waals surface area contributed by atoms with Crippen LogP contribution in [0.1, 0.15) is 52.0 Å². The predicted molar refractivity (Wildman–Crippen MR) is 98.7 cm³/mol. The number of halogens is 3. The first-order chi connectivity index (χ1) is 12.9. The first kappa shape index (κ1) is 20.8. The summed E-state index contributed by atoms with van der Waals surface area (Å²) < 4.78 is 45.3. The summed E-state index contributed by atoms with van der Waals surface area (Å²) in [5.41, 5.74) is -2.76. The largest absolute Gasteiger partial charge is 0.443 e. The number of ether oxygens (including phenoxy) is 1. The minimum absolute atomic E-state index is 0.0931. The highest BCUT2D eigenvalue weighted by molar-refractivity contribution is 8.00. The van der Waals surface area contributed by atoms with Crippen molar-refractivity contribution in [2.24, 2.45) is 0 Å². The molecule has 3 rings (SSSR count). The highest BCUT2D eigenvalue weighted by Gasteiger charge is 2.46. The predicted octanol–water partition coefficient (Wildman–Crippen LogP) is 5.77. The van der Waals surface area contributed by atoms with Crippen LogP contribution in [-0.2, 0) is 10.9 Å². The molecule has 2 atom stereocenters. The minimum Gasteiger partial charge on any atom is -0.443 e. The van der Waals surface area contributed by atoms with E-state index in [4.69, 9.17) is 4.74 Å². The van der Waals surface area contributed by atoms with Gasteiger partial charge in [-0.15, -0.1) is 11.8 Å². The molecule has 1 heterocycles. The van der Waals surface area contributed by atoms with Crippen molar-refractivity contribution in [2.45, 2.75) is 74.4 Å². The maximum atomic E-state index is 13.3. The average Bonchev–Trinajstić information content (AvgIpc) is 2.55. The van der Waals surface area contributed by atoms with E-state index in [0.29, 0.717) is 12.5 Å². The molecule has 1 amide bonds. The lowest BCUT2D eigenvalue weighted by molar-refractivity contribution is -0.384. The normalized spacial score (nSPS) is 22.3. The van der Waals surface area contributed by atoms with E-state index in [-0.39, 0.29) is 21.9 Å². The lowest BCUT2D eigenvalue weighted by atomic mass is 9.92. The van der Waals surface area contributed by atoms with Crippen LogP contribution < -0.4 is 4.90 Å². The van der Waals surface area contributed by atoms with Gasteiger partial charge in [0.1, 0.15) is 11.3 Å². The summed E-state index contributed by atoms with van der Waals surface area (Å²) in [6.45, 7) is 5.01. The van der Waals surface area contributed by atoms with E-state index in [1.807, 2.05) is 0 Å². The van der Waals surface area contributed by atoms with Crippen molar-refractivity contribution >= 4 is 29.2 Å². The van der Waals surface area contributed by atoms with Crippen LogP contribution in [0.2, 0.25) is 0 Å². The molecule has 1 aromatic rings. The van der Waals surface area contributed by atoms with E-state index in [2.05, 4.69) is 0 Å². The van der Waals surface area contributed by atoms with Crippen molar-refractivity contribution in [1.82, 2.24) is 0 Å². The van der Waals surface area contributed by atoms with Gasteiger partial charge in [0.05, 0.1) is 16.5 Å². The van der Waals surface area contributed by atoms with Crippen LogP contribution in [0.15, 0.2) is 17.0 Å². The third-order valence-corrected chi connectivity index (χ3v) is 6.11. The van der Waals surface area contributed by atoms with Crippen LogP contribution in [0.25, 0.3) is 0 Å². The molecule has 1 fully saturated rings. The Bertz CT molecular complexity index is 807. The zero-order valence-electron chi connectivity index (χ0n) is 15.7. The van der Waals surface area contributed by atoms with Gasteiger partial charge in [-0.1, -0.05) is 12.8 Å². The Hall–Kier alpha value is -1.97. The summed E-state index contributed by atoms with van der Waals surface area (Å²) in [7, 11) is 0. The smallest absolute Gasteiger partial charge is 0.416 e. The SMILES string of the molecule is CC(C)(C)OC(=O)N1c2c(cc(C(F)(F)F)cc2[N+](=O)[O-])SC2CCCCC21. The molecule has 0 aromatic heterocycles. The summed E-state index contributed by atoms with van der Waals surface area (Å²) in [5, 5.41) is 11.5. The van der Waals surface area contributed by atoms with Crippen LogP contribution in [0.4, 0.5) is 29.3 Å². The Balaban J connectivity index is 2.19. The zero-order chi connectivity index (χ0) is 20.9. The lowest BCUT2D eigenvalue weighted by Gasteiger charge is -2.44.